The first kappa shape index (κ1) is 18.7. The van der Waals surface area contributed by atoms with E-state index in [2.05, 4.69) is 0 Å². The first-order valence-corrected chi connectivity index (χ1v) is 6.15. The number of hydrogen-bond donors (Lipinski definition) is 8. The van der Waals surface area contributed by atoms with Gasteiger partial charge in [0, 0.05) is 0 Å². The second kappa shape index (κ2) is 9.56. The molecule has 0 saturated carbocycles. The van der Waals surface area contributed by atoms with Crippen molar-refractivity contribution >= 4 is 0 Å². The van der Waals surface area contributed by atoms with Crippen molar-refractivity contribution in [2.45, 2.75) is 55.9 Å². The van der Waals surface area contributed by atoms with Crippen LogP contribution < -0.4 is 0 Å². The summed E-state index contributed by atoms with van der Waals surface area (Å²) in [4.78, 5) is 0. The third-order valence-corrected chi connectivity index (χ3v) is 2.92. The lowest BCUT2D eigenvalue weighted by Gasteiger charge is -2.28. The van der Waals surface area contributed by atoms with Crippen molar-refractivity contribution in [2.24, 2.45) is 0 Å². The van der Waals surface area contributed by atoms with Gasteiger partial charge in [0.2, 0.25) is 0 Å². The SMILES string of the molecule is OCC(O)CCCC(O)[C@H](O)[C@@H](O)[C@H](O)[C@H](O)CO. The molecule has 0 radical (unpaired) electrons. The Morgan fingerprint density at radius 1 is 0.579 bits per heavy atom. The van der Waals surface area contributed by atoms with Crippen molar-refractivity contribution in [1.29, 1.82) is 0 Å². The van der Waals surface area contributed by atoms with Crippen LogP contribution in [0.3, 0.4) is 0 Å². The highest BCUT2D eigenvalue weighted by Gasteiger charge is 2.33. The molecule has 0 amide bonds. The lowest BCUT2D eigenvalue weighted by molar-refractivity contribution is -0.141. The summed E-state index contributed by atoms with van der Waals surface area (Å²) in [7, 11) is 0. The molecule has 0 aliphatic rings. The maximum absolute atomic E-state index is 9.57. The topological polar surface area (TPSA) is 162 Å². The third-order valence-electron chi connectivity index (χ3n) is 2.92. The van der Waals surface area contributed by atoms with E-state index in [0.29, 0.717) is 6.42 Å². The van der Waals surface area contributed by atoms with Crippen molar-refractivity contribution in [3.05, 3.63) is 0 Å². The van der Waals surface area contributed by atoms with E-state index in [0.717, 1.165) is 0 Å². The van der Waals surface area contributed by atoms with Gasteiger partial charge in [-0.2, -0.15) is 0 Å². The molecule has 0 aliphatic carbocycles. The molecule has 0 saturated heterocycles. The van der Waals surface area contributed by atoms with Gasteiger partial charge < -0.3 is 40.9 Å². The Balaban J connectivity index is 4.13. The van der Waals surface area contributed by atoms with Gasteiger partial charge in [-0.25, -0.2) is 0 Å². The average Bonchev–Trinajstić information content (AvgIpc) is 2.43. The van der Waals surface area contributed by atoms with E-state index < -0.39 is 49.8 Å². The van der Waals surface area contributed by atoms with Crippen molar-refractivity contribution in [3.63, 3.8) is 0 Å². The lowest BCUT2D eigenvalue weighted by atomic mass is 9.96. The average molecular weight is 284 g/mol. The van der Waals surface area contributed by atoms with E-state index in [1.807, 2.05) is 0 Å². The van der Waals surface area contributed by atoms with Crippen molar-refractivity contribution in [2.75, 3.05) is 13.2 Å². The molecule has 0 spiro atoms. The van der Waals surface area contributed by atoms with Crippen molar-refractivity contribution in [3.8, 4) is 0 Å². The highest BCUT2D eigenvalue weighted by Crippen LogP contribution is 2.13. The molecule has 0 bridgehead atoms. The molecule has 19 heavy (non-hydrogen) atoms. The second-order valence-electron chi connectivity index (χ2n) is 4.56. The fourth-order valence-corrected chi connectivity index (χ4v) is 1.59. The minimum absolute atomic E-state index is 0.0389. The van der Waals surface area contributed by atoms with Crippen molar-refractivity contribution < 1.29 is 40.9 Å². The van der Waals surface area contributed by atoms with Crippen LogP contribution in [0, 0.1) is 0 Å². The highest BCUT2D eigenvalue weighted by atomic mass is 16.4. The zero-order valence-corrected chi connectivity index (χ0v) is 10.6. The normalized spacial score (nSPS) is 21.5. The maximum Gasteiger partial charge on any atom is 0.111 e. The van der Waals surface area contributed by atoms with E-state index >= 15 is 0 Å². The number of hydrogen-bond acceptors (Lipinski definition) is 8. The van der Waals surface area contributed by atoms with Gasteiger partial charge in [0.1, 0.15) is 24.4 Å². The Kier molecular flexibility index (Phi) is 9.40. The fourth-order valence-electron chi connectivity index (χ4n) is 1.59. The van der Waals surface area contributed by atoms with Gasteiger partial charge in [0.25, 0.3) is 0 Å². The van der Waals surface area contributed by atoms with Gasteiger partial charge in [-0.3, -0.25) is 0 Å². The summed E-state index contributed by atoms with van der Waals surface area (Å²) in [5.74, 6) is 0. The summed E-state index contributed by atoms with van der Waals surface area (Å²) in [6, 6.07) is 0. The smallest absolute Gasteiger partial charge is 0.111 e. The van der Waals surface area contributed by atoms with Gasteiger partial charge >= 0.3 is 0 Å². The second-order valence-corrected chi connectivity index (χ2v) is 4.56. The Hall–Kier alpha value is -0.320. The Morgan fingerprint density at radius 2 is 1.11 bits per heavy atom. The summed E-state index contributed by atoms with van der Waals surface area (Å²) in [5, 5.41) is 73.3. The molecular weight excluding hydrogens is 260 g/mol. The molecule has 0 aromatic heterocycles. The van der Waals surface area contributed by atoms with Gasteiger partial charge in [-0.05, 0) is 19.3 Å². The summed E-state index contributed by atoms with van der Waals surface area (Å²) >= 11 is 0. The summed E-state index contributed by atoms with van der Waals surface area (Å²) in [5.41, 5.74) is 0. The van der Waals surface area contributed by atoms with Crippen molar-refractivity contribution in [1.82, 2.24) is 0 Å². The van der Waals surface area contributed by atoms with Crippen LogP contribution >= 0.6 is 0 Å². The van der Waals surface area contributed by atoms with E-state index in [-0.39, 0.29) is 12.8 Å². The minimum atomic E-state index is -1.81. The molecule has 0 rings (SSSR count). The van der Waals surface area contributed by atoms with Crippen LogP contribution in [0.2, 0.25) is 0 Å². The van der Waals surface area contributed by atoms with Crippen LogP contribution in [0.4, 0.5) is 0 Å². The zero-order chi connectivity index (χ0) is 15.0. The first-order valence-electron chi connectivity index (χ1n) is 6.15. The zero-order valence-electron chi connectivity index (χ0n) is 10.6. The highest BCUT2D eigenvalue weighted by molar-refractivity contribution is 4.84. The van der Waals surface area contributed by atoms with Gasteiger partial charge in [-0.1, -0.05) is 0 Å². The lowest BCUT2D eigenvalue weighted by Crippen LogP contribution is -2.50. The predicted molar refractivity (Wildman–Crippen MR) is 64.1 cm³/mol. The molecular formula is C11H24O8. The van der Waals surface area contributed by atoms with Gasteiger partial charge in [-0.15, -0.1) is 0 Å². The Labute approximate surface area is 111 Å². The van der Waals surface area contributed by atoms with E-state index in [1.165, 1.54) is 0 Å². The van der Waals surface area contributed by atoms with E-state index in [4.69, 9.17) is 20.4 Å². The monoisotopic (exact) mass is 284 g/mol. The summed E-state index contributed by atoms with van der Waals surface area (Å²) in [6.07, 6.45) is -8.61. The van der Waals surface area contributed by atoms with Crippen LogP contribution in [0.1, 0.15) is 19.3 Å². The molecule has 8 N–H and O–H groups in total. The van der Waals surface area contributed by atoms with E-state index in [9.17, 15) is 20.4 Å². The first-order chi connectivity index (χ1) is 8.84. The van der Waals surface area contributed by atoms with Crippen LogP contribution in [-0.4, -0.2) is 90.7 Å². The molecule has 8 nitrogen and oxygen atoms in total. The molecule has 116 valence electrons. The molecule has 8 heteroatoms. The molecule has 0 fully saturated rings. The summed E-state index contributed by atoms with van der Waals surface area (Å²) in [6.45, 7) is -1.19. The predicted octanol–water partition coefficient (Wildman–Crippen LogP) is -3.69. The number of aliphatic hydroxyl groups excluding tert-OH is 8. The van der Waals surface area contributed by atoms with Crippen LogP contribution in [-0.2, 0) is 0 Å². The summed E-state index contributed by atoms with van der Waals surface area (Å²) < 4.78 is 0. The van der Waals surface area contributed by atoms with Gasteiger partial charge in [0.05, 0.1) is 25.4 Å². The van der Waals surface area contributed by atoms with Crippen LogP contribution in [0.5, 0.6) is 0 Å². The minimum Gasteiger partial charge on any atom is -0.394 e. The molecule has 2 unspecified atom stereocenters. The van der Waals surface area contributed by atoms with Crippen LogP contribution in [0.15, 0.2) is 0 Å². The molecule has 0 heterocycles. The quantitative estimate of drug-likeness (QED) is 0.203. The number of rotatable bonds is 10. The Bertz CT molecular complexity index is 227. The fraction of sp³-hybridized carbons (Fsp3) is 1.00. The maximum atomic E-state index is 9.57. The van der Waals surface area contributed by atoms with Gasteiger partial charge in [0.15, 0.2) is 0 Å². The largest absolute Gasteiger partial charge is 0.394 e. The molecule has 6 atom stereocenters. The molecule has 0 aliphatic heterocycles. The third kappa shape index (κ3) is 6.59. The van der Waals surface area contributed by atoms with Crippen LogP contribution in [0.25, 0.3) is 0 Å². The molecule has 0 aromatic rings. The standard InChI is InChI=1S/C11H24O8/c12-4-6(14)2-1-3-7(15)9(17)11(19)10(18)8(16)5-13/h6-19H,1-5H2/t6?,7?,8-,9+,10-,11-/m1/s1. The Morgan fingerprint density at radius 3 is 1.58 bits per heavy atom. The number of aliphatic hydroxyl groups is 8. The van der Waals surface area contributed by atoms with E-state index in [1.54, 1.807) is 0 Å². The molecule has 0 aromatic carbocycles.